The first kappa shape index (κ1) is 22.2. The number of carbonyl (C=O) groups is 2. The Kier molecular flexibility index (Phi) is 9.47. The van der Waals surface area contributed by atoms with Crippen LogP contribution in [0.4, 0.5) is 0 Å². The Bertz CT molecular complexity index is 751. The summed E-state index contributed by atoms with van der Waals surface area (Å²) in [4.78, 5) is 20.7. The van der Waals surface area contributed by atoms with Gasteiger partial charge in [0.1, 0.15) is 17.2 Å². The first-order valence-electron chi connectivity index (χ1n) is 9.39. The van der Waals surface area contributed by atoms with E-state index in [1.807, 2.05) is 54.6 Å². The maximum Gasteiger partial charge on any atom is 0.414 e. The molecule has 0 amide bonds. The van der Waals surface area contributed by atoms with Gasteiger partial charge in [-0.25, -0.2) is 9.59 Å². The van der Waals surface area contributed by atoms with Gasteiger partial charge < -0.3 is 29.9 Å². The fraction of sp³-hybridized carbons (Fsp3) is 0.333. The van der Waals surface area contributed by atoms with Gasteiger partial charge in [0.15, 0.2) is 0 Å². The highest BCUT2D eigenvalue weighted by molar-refractivity contribution is 6.27. The number of hydrogen-bond acceptors (Lipinski definition) is 6. The molecule has 0 aromatic heterocycles. The van der Waals surface area contributed by atoms with E-state index in [1.165, 1.54) is 0 Å². The molecule has 0 spiro atoms. The largest absolute Gasteiger partial charge is 0.493 e. The van der Waals surface area contributed by atoms with Crippen molar-refractivity contribution in [2.45, 2.75) is 6.42 Å². The molecule has 0 atom stereocenters. The second-order valence-electron chi connectivity index (χ2n) is 6.29. The number of nitrogens with zero attached hydrogens (tertiary/aromatic N) is 1. The molecule has 0 radical (unpaired) electrons. The standard InChI is InChI=1S/C19H24N2O2.C2H2O4/c1-2-6-17(7-3-1)23-19-9-4-8-18(16-19)22-15-5-12-21-13-10-20-11-14-21;3-1(4)2(5)6/h1-4,6-9,16,20H,5,10-15H2;(H,3,4)(H,5,6). The zero-order valence-corrected chi connectivity index (χ0v) is 16.1. The van der Waals surface area contributed by atoms with E-state index in [1.54, 1.807) is 0 Å². The molecule has 0 aliphatic carbocycles. The van der Waals surface area contributed by atoms with Gasteiger partial charge in [0.25, 0.3) is 0 Å². The third kappa shape index (κ3) is 9.09. The van der Waals surface area contributed by atoms with Gasteiger partial charge in [-0.3, -0.25) is 0 Å². The molecular formula is C21H26N2O6. The highest BCUT2D eigenvalue weighted by Gasteiger charge is 2.08. The lowest BCUT2D eigenvalue weighted by molar-refractivity contribution is -0.159. The second-order valence-corrected chi connectivity index (χ2v) is 6.29. The van der Waals surface area contributed by atoms with Crippen molar-refractivity contribution in [3.05, 3.63) is 54.6 Å². The molecule has 0 saturated carbocycles. The van der Waals surface area contributed by atoms with Crippen molar-refractivity contribution >= 4 is 11.9 Å². The number of carboxylic acids is 2. The van der Waals surface area contributed by atoms with Crippen LogP contribution < -0.4 is 14.8 Å². The lowest BCUT2D eigenvalue weighted by Crippen LogP contribution is -2.43. The van der Waals surface area contributed by atoms with E-state index in [9.17, 15) is 0 Å². The molecule has 156 valence electrons. The van der Waals surface area contributed by atoms with Gasteiger partial charge in [-0.05, 0) is 30.7 Å². The van der Waals surface area contributed by atoms with Crippen LogP contribution in [0.3, 0.4) is 0 Å². The van der Waals surface area contributed by atoms with Gasteiger partial charge in [-0.1, -0.05) is 24.3 Å². The smallest absolute Gasteiger partial charge is 0.414 e. The molecule has 3 rings (SSSR count). The number of aliphatic carboxylic acids is 2. The molecule has 1 heterocycles. The lowest BCUT2D eigenvalue weighted by Gasteiger charge is -2.26. The van der Waals surface area contributed by atoms with Crippen LogP contribution in [0.1, 0.15) is 6.42 Å². The number of carboxylic acid groups (broad SMARTS) is 2. The van der Waals surface area contributed by atoms with Crippen molar-refractivity contribution in [2.24, 2.45) is 0 Å². The fourth-order valence-electron chi connectivity index (χ4n) is 2.67. The van der Waals surface area contributed by atoms with Crippen molar-refractivity contribution in [3.8, 4) is 17.2 Å². The predicted octanol–water partition coefficient (Wildman–Crippen LogP) is 2.31. The number of rotatable bonds is 7. The van der Waals surface area contributed by atoms with Gasteiger partial charge >= 0.3 is 11.9 Å². The molecule has 3 N–H and O–H groups in total. The summed E-state index contributed by atoms with van der Waals surface area (Å²) in [5.41, 5.74) is 0. The van der Waals surface area contributed by atoms with E-state index in [0.717, 1.165) is 63.0 Å². The Hall–Kier alpha value is -3.10. The highest BCUT2D eigenvalue weighted by atomic mass is 16.5. The molecular weight excluding hydrogens is 376 g/mol. The Balaban J connectivity index is 0.000000438. The van der Waals surface area contributed by atoms with E-state index in [2.05, 4.69) is 10.2 Å². The van der Waals surface area contributed by atoms with Gasteiger partial charge in [-0.15, -0.1) is 0 Å². The first-order chi connectivity index (χ1) is 14.0. The van der Waals surface area contributed by atoms with E-state index in [-0.39, 0.29) is 0 Å². The SMILES string of the molecule is O=C(O)C(=O)O.c1ccc(Oc2cccc(OCCCN3CCNCC3)c2)cc1. The zero-order valence-electron chi connectivity index (χ0n) is 16.1. The number of hydrogen-bond donors (Lipinski definition) is 3. The molecule has 2 aromatic carbocycles. The predicted molar refractivity (Wildman–Crippen MR) is 108 cm³/mol. The Labute approximate surface area is 169 Å². The minimum absolute atomic E-state index is 0.735. The van der Waals surface area contributed by atoms with E-state index in [0.29, 0.717) is 0 Å². The van der Waals surface area contributed by atoms with Crippen molar-refractivity contribution in [2.75, 3.05) is 39.3 Å². The van der Waals surface area contributed by atoms with E-state index >= 15 is 0 Å². The molecule has 1 fully saturated rings. The number of nitrogens with one attached hydrogen (secondary N) is 1. The summed E-state index contributed by atoms with van der Waals surface area (Å²) in [6, 6.07) is 17.6. The van der Waals surface area contributed by atoms with Crippen molar-refractivity contribution in [1.82, 2.24) is 10.2 Å². The van der Waals surface area contributed by atoms with Crippen molar-refractivity contribution in [1.29, 1.82) is 0 Å². The van der Waals surface area contributed by atoms with Crippen LogP contribution in [-0.2, 0) is 9.59 Å². The normalized spacial score (nSPS) is 13.7. The zero-order chi connectivity index (χ0) is 20.9. The molecule has 29 heavy (non-hydrogen) atoms. The number of benzene rings is 2. The van der Waals surface area contributed by atoms with Gasteiger partial charge in [0.05, 0.1) is 6.61 Å². The van der Waals surface area contributed by atoms with Crippen LogP contribution in [0, 0.1) is 0 Å². The van der Waals surface area contributed by atoms with Crippen LogP contribution in [-0.4, -0.2) is 66.4 Å². The van der Waals surface area contributed by atoms with Crippen LogP contribution in [0.25, 0.3) is 0 Å². The number of piperazine rings is 1. The molecule has 0 bridgehead atoms. The first-order valence-corrected chi connectivity index (χ1v) is 9.39. The average Bonchev–Trinajstić information content (AvgIpc) is 2.73. The molecule has 1 aliphatic rings. The maximum atomic E-state index is 9.10. The average molecular weight is 402 g/mol. The third-order valence-electron chi connectivity index (χ3n) is 4.06. The van der Waals surface area contributed by atoms with Crippen LogP contribution in [0.2, 0.25) is 0 Å². The molecule has 8 heteroatoms. The van der Waals surface area contributed by atoms with Gasteiger partial charge in [0, 0.05) is 38.8 Å². The maximum absolute atomic E-state index is 9.10. The van der Waals surface area contributed by atoms with Crippen molar-refractivity contribution in [3.63, 3.8) is 0 Å². The molecule has 8 nitrogen and oxygen atoms in total. The Morgan fingerprint density at radius 1 is 0.897 bits per heavy atom. The summed E-state index contributed by atoms with van der Waals surface area (Å²) in [7, 11) is 0. The summed E-state index contributed by atoms with van der Waals surface area (Å²) in [6.45, 7) is 6.31. The Morgan fingerprint density at radius 3 is 2.17 bits per heavy atom. The van der Waals surface area contributed by atoms with Crippen molar-refractivity contribution < 1.29 is 29.3 Å². The quantitative estimate of drug-likeness (QED) is 0.478. The number of ether oxygens (including phenoxy) is 2. The van der Waals surface area contributed by atoms with E-state index < -0.39 is 11.9 Å². The number of para-hydroxylation sites is 1. The van der Waals surface area contributed by atoms with Crippen LogP contribution >= 0.6 is 0 Å². The van der Waals surface area contributed by atoms with Gasteiger partial charge in [0.2, 0.25) is 0 Å². The minimum Gasteiger partial charge on any atom is -0.493 e. The summed E-state index contributed by atoms with van der Waals surface area (Å²) in [5.74, 6) is -1.15. The fourth-order valence-corrected chi connectivity index (χ4v) is 2.67. The van der Waals surface area contributed by atoms with Crippen LogP contribution in [0.15, 0.2) is 54.6 Å². The summed E-state index contributed by atoms with van der Waals surface area (Å²) >= 11 is 0. The molecule has 2 aromatic rings. The highest BCUT2D eigenvalue weighted by Crippen LogP contribution is 2.25. The summed E-state index contributed by atoms with van der Waals surface area (Å²) in [6.07, 6.45) is 1.05. The van der Waals surface area contributed by atoms with E-state index in [4.69, 9.17) is 29.3 Å². The molecule has 0 unspecified atom stereocenters. The van der Waals surface area contributed by atoms with Gasteiger partial charge in [-0.2, -0.15) is 0 Å². The topological polar surface area (TPSA) is 108 Å². The monoisotopic (exact) mass is 402 g/mol. The third-order valence-corrected chi connectivity index (χ3v) is 4.06. The molecule has 1 saturated heterocycles. The Morgan fingerprint density at radius 2 is 1.52 bits per heavy atom. The lowest BCUT2D eigenvalue weighted by atomic mass is 10.3. The summed E-state index contributed by atoms with van der Waals surface area (Å²) < 4.78 is 11.7. The second kappa shape index (κ2) is 12.4. The molecule has 1 aliphatic heterocycles. The minimum atomic E-state index is -1.82. The van der Waals surface area contributed by atoms with Crippen LogP contribution in [0.5, 0.6) is 17.2 Å². The summed E-state index contributed by atoms with van der Waals surface area (Å²) in [5, 5.41) is 18.2.